The molecule has 1 N–H and O–H groups in total. The van der Waals surface area contributed by atoms with Gasteiger partial charge in [-0.25, -0.2) is 17.8 Å². The molecule has 0 bridgehead atoms. The largest absolute Gasteiger partial charge is 0.260 e. The molecule has 1 aromatic carbocycles. The molecule has 20 heavy (non-hydrogen) atoms. The van der Waals surface area contributed by atoms with E-state index in [2.05, 4.69) is 37.9 Å². The summed E-state index contributed by atoms with van der Waals surface area (Å²) in [6.45, 7) is 2.30. The fraction of sp³-hybridized carbons (Fsp3) is 0.333. The summed E-state index contributed by atoms with van der Waals surface area (Å²) in [6, 6.07) is 7.81. The summed E-state index contributed by atoms with van der Waals surface area (Å²) in [5.41, 5.74) is 2.12. The number of benzene rings is 1. The van der Waals surface area contributed by atoms with E-state index in [0.29, 0.717) is 0 Å². The Hall–Kier alpha value is -1.25. The van der Waals surface area contributed by atoms with Crippen molar-refractivity contribution in [2.75, 3.05) is 0 Å². The van der Waals surface area contributed by atoms with Crippen LogP contribution in [0.4, 0.5) is 0 Å². The first-order chi connectivity index (χ1) is 9.44. The van der Waals surface area contributed by atoms with Gasteiger partial charge in [0.15, 0.2) is 4.60 Å². The van der Waals surface area contributed by atoms with Crippen molar-refractivity contribution < 1.29 is 8.42 Å². The molecule has 0 saturated heterocycles. The van der Waals surface area contributed by atoms with Crippen LogP contribution < -0.4 is 4.72 Å². The highest BCUT2D eigenvalue weighted by Gasteiger charge is 2.23. The van der Waals surface area contributed by atoms with Gasteiger partial charge in [-0.15, -0.1) is 5.10 Å². The van der Waals surface area contributed by atoms with Gasteiger partial charge in [-0.1, -0.05) is 36.4 Å². The minimum atomic E-state index is -3.65. The minimum Gasteiger partial charge on any atom is -0.235 e. The van der Waals surface area contributed by atoms with Crippen molar-refractivity contribution in [2.24, 2.45) is 7.05 Å². The fourth-order valence-electron chi connectivity index (χ4n) is 1.75. The third kappa shape index (κ3) is 3.25. The third-order valence-corrected chi connectivity index (χ3v) is 5.18. The van der Waals surface area contributed by atoms with Crippen LogP contribution in [-0.4, -0.2) is 23.4 Å². The van der Waals surface area contributed by atoms with Crippen LogP contribution in [0.3, 0.4) is 0 Å². The molecule has 0 aliphatic rings. The zero-order valence-corrected chi connectivity index (χ0v) is 13.6. The van der Waals surface area contributed by atoms with Gasteiger partial charge in [-0.2, -0.15) is 0 Å². The highest BCUT2D eigenvalue weighted by Crippen LogP contribution is 2.17. The van der Waals surface area contributed by atoms with E-state index in [1.165, 1.54) is 17.3 Å². The van der Waals surface area contributed by atoms with E-state index in [-0.39, 0.29) is 16.2 Å². The van der Waals surface area contributed by atoms with Crippen LogP contribution in [0, 0.1) is 0 Å². The van der Waals surface area contributed by atoms with Crippen LogP contribution in [0.25, 0.3) is 0 Å². The number of hydrogen-bond acceptors (Lipinski definition) is 4. The molecule has 0 aliphatic carbocycles. The molecular weight excluding hydrogens is 344 g/mol. The first-order valence-electron chi connectivity index (χ1n) is 6.06. The van der Waals surface area contributed by atoms with E-state index in [1.54, 1.807) is 0 Å². The van der Waals surface area contributed by atoms with E-state index in [1.807, 2.05) is 24.3 Å². The molecule has 0 saturated carbocycles. The molecule has 0 unspecified atom stereocenters. The predicted molar refractivity (Wildman–Crippen MR) is 78.5 cm³/mol. The Balaban J connectivity index is 2.13. The number of rotatable bonds is 5. The van der Waals surface area contributed by atoms with Crippen molar-refractivity contribution in [3.05, 3.63) is 40.0 Å². The van der Waals surface area contributed by atoms with Gasteiger partial charge >= 0.3 is 0 Å². The standard InChI is InChI=1S/C12H15BrN4O2S/c1-3-9-4-6-10(7-5-9)8-14-20(18,19)12-11(13)15-16-17(12)2/h4-7,14H,3,8H2,1-2H3. The van der Waals surface area contributed by atoms with Crippen molar-refractivity contribution >= 4 is 26.0 Å². The number of sulfonamides is 1. The SMILES string of the molecule is CCc1ccc(CNS(=O)(=O)c2c(Br)nnn2C)cc1. The van der Waals surface area contributed by atoms with Crippen LogP contribution in [0.2, 0.25) is 0 Å². The lowest BCUT2D eigenvalue weighted by molar-refractivity contribution is 0.560. The van der Waals surface area contributed by atoms with Crippen LogP contribution in [-0.2, 0) is 30.0 Å². The number of hydrogen-bond donors (Lipinski definition) is 1. The summed E-state index contributed by atoms with van der Waals surface area (Å²) in [5.74, 6) is 0. The highest BCUT2D eigenvalue weighted by atomic mass is 79.9. The maximum absolute atomic E-state index is 12.2. The molecule has 108 valence electrons. The van der Waals surface area contributed by atoms with Gasteiger partial charge in [0.05, 0.1) is 0 Å². The topological polar surface area (TPSA) is 76.9 Å². The van der Waals surface area contributed by atoms with Gasteiger partial charge in [0.1, 0.15) is 0 Å². The lowest BCUT2D eigenvalue weighted by atomic mass is 10.1. The van der Waals surface area contributed by atoms with Gasteiger partial charge in [0, 0.05) is 13.6 Å². The molecule has 0 fully saturated rings. The number of nitrogens with one attached hydrogen (secondary N) is 1. The summed E-state index contributed by atoms with van der Waals surface area (Å²) in [6.07, 6.45) is 0.958. The summed E-state index contributed by atoms with van der Waals surface area (Å²) in [7, 11) is -2.12. The van der Waals surface area contributed by atoms with E-state index >= 15 is 0 Å². The first kappa shape index (κ1) is 15.1. The zero-order valence-electron chi connectivity index (χ0n) is 11.2. The zero-order chi connectivity index (χ0) is 14.8. The van der Waals surface area contributed by atoms with Crippen molar-refractivity contribution in [3.8, 4) is 0 Å². The van der Waals surface area contributed by atoms with E-state index in [9.17, 15) is 8.42 Å². The van der Waals surface area contributed by atoms with Crippen LogP contribution in [0.15, 0.2) is 33.9 Å². The van der Waals surface area contributed by atoms with E-state index < -0.39 is 10.0 Å². The number of aryl methyl sites for hydroxylation is 2. The first-order valence-corrected chi connectivity index (χ1v) is 8.34. The Labute approximate surface area is 126 Å². The number of aromatic nitrogens is 3. The number of halogens is 1. The molecule has 6 nitrogen and oxygen atoms in total. The monoisotopic (exact) mass is 358 g/mol. The van der Waals surface area contributed by atoms with E-state index in [0.717, 1.165) is 12.0 Å². The second-order valence-corrected chi connectivity index (χ2v) is 6.74. The fourth-order valence-corrected chi connectivity index (χ4v) is 3.85. The van der Waals surface area contributed by atoms with Gasteiger partial charge in [0.2, 0.25) is 5.03 Å². The Morgan fingerprint density at radius 2 is 1.85 bits per heavy atom. The van der Waals surface area contributed by atoms with Crippen LogP contribution in [0.1, 0.15) is 18.1 Å². The van der Waals surface area contributed by atoms with E-state index in [4.69, 9.17) is 0 Å². The molecule has 2 rings (SSSR count). The summed E-state index contributed by atoms with van der Waals surface area (Å²) < 4.78 is 28.3. The van der Waals surface area contributed by atoms with Gasteiger partial charge in [0.25, 0.3) is 10.0 Å². The summed E-state index contributed by atoms with van der Waals surface area (Å²) in [5, 5.41) is 7.35. The Bertz CT molecular complexity index is 675. The Morgan fingerprint density at radius 1 is 1.25 bits per heavy atom. The van der Waals surface area contributed by atoms with Crippen LogP contribution in [0.5, 0.6) is 0 Å². The minimum absolute atomic E-state index is 0.0164. The van der Waals surface area contributed by atoms with Crippen molar-refractivity contribution in [1.29, 1.82) is 0 Å². The molecule has 0 amide bonds. The molecule has 1 heterocycles. The molecule has 0 radical (unpaired) electrons. The average molecular weight is 359 g/mol. The second-order valence-electron chi connectivity index (χ2n) is 4.30. The van der Waals surface area contributed by atoms with Crippen molar-refractivity contribution in [3.63, 3.8) is 0 Å². The van der Waals surface area contributed by atoms with Gasteiger partial charge in [-0.05, 0) is 33.5 Å². The summed E-state index contributed by atoms with van der Waals surface area (Å²) >= 11 is 3.08. The smallest absolute Gasteiger partial charge is 0.235 e. The molecule has 0 aliphatic heterocycles. The van der Waals surface area contributed by atoms with Gasteiger partial charge in [-0.3, -0.25) is 0 Å². The molecule has 0 atom stereocenters. The molecule has 8 heteroatoms. The molecular formula is C12H15BrN4O2S. The molecule has 1 aromatic heterocycles. The molecule has 0 spiro atoms. The Kier molecular flexibility index (Phi) is 4.56. The highest BCUT2D eigenvalue weighted by molar-refractivity contribution is 9.10. The van der Waals surface area contributed by atoms with Crippen molar-refractivity contribution in [1.82, 2.24) is 19.7 Å². The van der Waals surface area contributed by atoms with Gasteiger partial charge < -0.3 is 0 Å². The quantitative estimate of drug-likeness (QED) is 0.880. The normalized spacial score (nSPS) is 11.8. The third-order valence-electron chi connectivity index (χ3n) is 2.89. The number of nitrogens with zero attached hydrogens (tertiary/aromatic N) is 3. The maximum atomic E-state index is 12.2. The maximum Gasteiger partial charge on any atom is 0.260 e. The molecule has 2 aromatic rings. The Morgan fingerprint density at radius 3 is 2.35 bits per heavy atom. The lowest BCUT2D eigenvalue weighted by Crippen LogP contribution is -2.25. The van der Waals surface area contributed by atoms with Crippen molar-refractivity contribution in [2.45, 2.75) is 24.9 Å². The lowest BCUT2D eigenvalue weighted by Gasteiger charge is -2.07. The summed E-state index contributed by atoms with van der Waals surface area (Å²) in [4.78, 5) is 0. The predicted octanol–water partition coefficient (Wildman–Crippen LogP) is 1.62. The average Bonchev–Trinajstić information content (AvgIpc) is 2.77. The second kappa shape index (κ2) is 6.02. The van der Waals surface area contributed by atoms with Crippen LogP contribution >= 0.6 is 15.9 Å².